The van der Waals surface area contributed by atoms with Crippen LogP contribution in [0.5, 0.6) is 0 Å². The molecule has 0 spiro atoms. The summed E-state index contributed by atoms with van der Waals surface area (Å²) in [5.41, 5.74) is 7.76. The first-order valence-corrected chi connectivity index (χ1v) is 7.52. The van der Waals surface area contributed by atoms with E-state index in [0.29, 0.717) is 5.92 Å². The Morgan fingerprint density at radius 2 is 1.89 bits per heavy atom. The highest BCUT2D eigenvalue weighted by atomic mass is 32.1. The Bertz CT molecular complexity index is 435. The van der Waals surface area contributed by atoms with Crippen molar-refractivity contribution >= 4 is 11.3 Å². The maximum Gasteiger partial charge on any atom is 0.0111 e. The first-order valence-electron chi connectivity index (χ1n) is 6.64. The number of thiophene rings is 1. The molecule has 0 saturated heterocycles. The number of hydrogen-bond acceptors (Lipinski definition) is 2. The van der Waals surface area contributed by atoms with E-state index in [0.717, 1.165) is 19.3 Å². The Morgan fingerprint density at radius 1 is 1.11 bits per heavy atom. The van der Waals surface area contributed by atoms with Gasteiger partial charge in [-0.1, -0.05) is 43.3 Å². The van der Waals surface area contributed by atoms with Crippen molar-refractivity contribution in [1.29, 1.82) is 0 Å². The summed E-state index contributed by atoms with van der Waals surface area (Å²) in [6.45, 7) is 2.22. The molecule has 1 aromatic carbocycles. The van der Waals surface area contributed by atoms with Gasteiger partial charge in [0.15, 0.2) is 0 Å². The lowest BCUT2D eigenvalue weighted by Gasteiger charge is -2.23. The van der Waals surface area contributed by atoms with E-state index in [-0.39, 0.29) is 6.04 Å². The number of hydrogen-bond donors (Lipinski definition) is 1. The molecule has 0 bridgehead atoms. The molecule has 2 heteroatoms. The molecule has 1 aromatic heterocycles. The van der Waals surface area contributed by atoms with Crippen molar-refractivity contribution in [2.24, 2.45) is 5.73 Å². The molecule has 0 aliphatic carbocycles. The van der Waals surface area contributed by atoms with E-state index in [1.54, 1.807) is 0 Å². The van der Waals surface area contributed by atoms with Crippen LogP contribution in [-0.4, -0.2) is 6.04 Å². The van der Waals surface area contributed by atoms with Crippen molar-refractivity contribution in [3.63, 3.8) is 0 Å². The van der Waals surface area contributed by atoms with Gasteiger partial charge in [0.1, 0.15) is 0 Å². The van der Waals surface area contributed by atoms with Crippen molar-refractivity contribution in [1.82, 2.24) is 0 Å². The van der Waals surface area contributed by atoms with E-state index in [4.69, 9.17) is 5.73 Å². The van der Waals surface area contributed by atoms with Crippen LogP contribution in [-0.2, 0) is 6.42 Å². The van der Waals surface area contributed by atoms with E-state index in [2.05, 4.69) is 54.8 Å². The van der Waals surface area contributed by atoms with E-state index in [1.807, 2.05) is 11.3 Å². The Balaban J connectivity index is 1.95. The summed E-state index contributed by atoms with van der Waals surface area (Å²) < 4.78 is 0. The van der Waals surface area contributed by atoms with Crippen LogP contribution < -0.4 is 5.73 Å². The van der Waals surface area contributed by atoms with Gasteiger partial charge in [-0.2, -0.15) is 0 Å². The van der Waals surface area contributed by atoms with E-state index < -0.39 is 0 Å². The highest BCUT2D eigenvalue weighted by molar-refractivity contribution is 7.09. The van der Waals surface area contributed by atoms with Crippen LogP contribution in [0.1, 0.15) is 36.1 Å². The van der Waals surface area contributed by atoms with Gasteiger partial charge >= 0.3 is 0 Å². The monoisotopic (exact) mass is 259 g/mol. The minimum Gasteiger partial charge on any atom is -0.327 e. The SMILES string of the molecule is CCC(c1ccccc1)C(N)CCc1cccs1. The topological polar surface area (TPSA) is 26.0 Å². The summed E-state index contributed by atoms with van der Waals surface area (Å²) in [6.07, 6.45) is 3.27. The molecular weight excluding hydrogens is 238 g/mol. The zero-order valence-electron chi connectivity index (χ0n) is 10.9. The number of aryl methyl sites for hydroxylation is 1. The fourth-order valence-corrected chi connectivity index (χ4v) is 3.18. The second kappa shape index (κ2) is 6.72. The van der Waals surface area contributed by atoms with Crippen LogP contribution in [0.4, 0.5) is 0 Å². The molecule has 2 atom stereocenters. The molecule has 96 valence electrons. The van der Waals surface area contributed by atoms with Gasteiger partial charge < -0.3 is 5.73 Å². The van der Waals surface area contributed by atoms with Gasteiger partial charge in [0.25, 0.3) is 0 Å². The normalized spacial score (nSPS) is 14.3. The third kappa shape index (κ3) is 3.44. The zero-order valence-corrected chi connectivity index (χ0v) is 11.7. The van der Waals surface area contributed by atoms with Crippen molar-refractivity contribution in [3.8, 4) is 0 Å². The summed E-state index contributed by atoms with van der Waals surface area (Å²) in [4.78, 5) is 1.44. The molecular formula is C16H21NS. The first kappa shape index (κ1) is 13.3. The van der Waals surface area contributed by atoms with Crippen LogP contribution in [0.3, 0.4) is 0 Å². The zero-order chi connectivity index (χ0) is 12.8. The lowest BCUT2D eigenvalue weighted by molar-refractivity contribution is 0.489. The van der Waals surface area contributed by atoms with Crippen molar-refractivity contribution in [2.75, 3.05) is 0 Å². The number of nitrogens with two attached hydrogens (primary N) is 1. The van der Waals surface area contributed by atoms with E-state index >= 15 is 0 Å². The van der Waals surface area contributed by atoms with Crippen LogP contribution >= 0.6 is 11.3 Å². The van der Waals surface area contributed by atoms with Crippen LogP contribution in [0.15, 0.2) is 47.8 Å². The van der Waals surface area contributed by atoms with Crippen molar-refractivity contribution in [2.45, 2.75) is 38.1 Å². The lowest BCUT2D eigenvalue weighted by Crippen LogP contribution is -2.28. The van der Waals surface area contributed by atoms with Gasteiger partial charge in [0.2, 0.25) is 0 Å². The molecule has 1 nitrogen and oxygen atoms in total. The number of benzene rings is 1. The highest BCUT2D eigenvalue weighted by Crippen LogP contribution is 2.25. The standard InChI is InChI=1S/C16H21NS/c1-2-15(13-7-4-3-5-8-13)16(17)11-10-14-9-6-12-18-14/h3-9,12,15-16H,2,10-11,17H2,1H3. The summed E-state index contributed by atoms with van der Waals surface area (Å²) in [5, 5.41) is 2.13. The maximum absolute atomic E-state index is 6.38. The predicted molar refractivity (Wildman–Crippen MR) is 80.1 cm³/mol. The minimum atomic E-state index is 0.250. The Labute approximate surface area is 114 Å². The molecule has 0 fully saturated rings. The third-order valence-corrected chi connectivity index (χ3v) is 4.42. The molecule has 0 saturated carbocycles. The van der Waals surface area contributed by atoms with Gasteiger partial charge in [-0.15, -0.1) is 11.3 Å². The van der Waals surface area contributed by atoms with Crippen LogP contribution in [0.25, 0.3) is 0 Å². The molecule has 18 heavy (non-hydrogen) atoms. The van der Waals surface area contributed by atoms with Crippen molar-refractivity contribution in [3.05, 3.63) is 58.3 Å². The quantitative estimate of drug-likeness (QED) is 0.826. The van der Waals surface area contributed by atoms with Gasteiger partial charge in [-0.05, 0) is 42.2 Å². The van der Waals surface area contributed by atoms with Gasteiger partial charge in [-0.25, -0.2) is 0 Å². The molecule has 2 rings (SSSR count). The third-order valence-electron chi connectivity index (χ3n) is 3.49. The molecule has 2 aromatic rings. The molecule has 2 unspecified atom stereocenters. The van der Waals surface area contributed by atoms with E-state index in [1.165, 1.54) is 10.4 Å². The van der Waals surface area contributed by atoms with Gasteiger partial charge in [-0.3, -0.25) is 0 Å². The minimum absolute atomic E-state index is 0.250. The Morgan fingerprint density at radius 3 is 2.50 bits per heavy atom. The summed E-state index contributed by atoms with van der Waals surface area (Å²) in [5.74, 6) is 0.478. The van der Waals surface area contributed by atoms with Gasteiger partial charge in [0, 0.05) is 10.9 Å². The second-order valence-corrected chi connectivity index (χ2v) is 5.74. The van der Waals surface area contributed by atoms with Crippen LogP contribution in [0.2, 0.25) is 0 Å². The fraction of sp³-hybridized carbons (Fsp3) is 0.375. The molecule has 0 aliphatic rings. The number of rotatable bonds is 6. The second-order valence-electron chi connectivity index (χ2n) is 4.71. The van der Waals surface area contributed by atoms with E-state index in [9.17, 15) is 0 Å². The molecule has 1 heterocycles. The average Bonchev–Trinajstić information content (AvgIpc) is 2.92. The average molecular weight is 259 g/mol. The maximum atomic E-state index is 6.38. The fourth-order valence-electron chi connectivity index (χ4n) is 2.45. The van der Waals surface area contributed by atoms with Crippen LogP contribution in [0, 0.1) is 0 Å². The molecule has 0 radical (unpaired) electrons. The predicted octanol–water partition coefficient (Wildman–Crippen LogP) is 4.20. The summed E-state index contributed by atoms with van der Waals surface area (Å²) >= 11 is 1.82. The summed E-state index contributed by atoms with van der Waals surface area (Å²) in [6, 6.07) is 15.2. The smallest absolute Gasteiger partial charge is 0.0111 e. The molecule has 0 aliphatic heterocycles. The Kier molecular flexibility index (Phi) is 4.97. The highest BCUT2D eigenvalue weighted by Gasteiger charge is 2.17. The lowest BCUT2D eigenvalue weighted by atomic mass is 9.87. The summed E-state index contributed by atoms with van der Waals surface area (Å²) in [7, 11) is 0. The molecule has 2 N–H and O–H groups in total. The largest absolute Gasteiger partial charge is 0.327 e. The Hall–Kier alpha value is -1.12. The van der Waals surface area contributed by atoms with Crippen molar-refractivity contribution < 1.29 is 0 Å². The van der Waals surface area contributed by atoms with Gasteiger partial charge in [0.05, 0.1) is 0 Å². The first-order chi connectivity index (χ1) is 8.81. The molecule has 0 amide bonds.